The van der Waals surface area contributed by atoms with Crippen LogP contribution in [-0.2, 0) is 0 Å². The van der Waals surface area contributed by atoms with Gasteiger partial charge in [0, 0.05) is 43.7 Å². The fourth-order valence-corrected chi connectivity index (χ4v) is 8.26. The summed E-state index contributed by atoms with van der Waals surface area (Å²) in [5, 5.41) is 7.29. The number of furan rings is 1. The summed E-state index contributed by atoms with van der Waals surface area (Å²) in [5.74, 6) is 0. The lowest BCUT2D eigenvalue weighted by molar-refractivity contribution is 0.669. The molecule has 0 atom stereocenters. The van der Waals surface area contributed by atoms with Gasteiger partial charge in [-0.3, -0.25) is 0 Å². The Bertz CT molecular complexity index is 3140. The second-order valence-corrected chi connectivity index (χ2v) is 13.3. The molecule has 0 N–H and O–H groups in total. The molecule has 11 rings (SSSR count). The van der Waals surface area contributed by atoms with Gasteiger partial charge in [-0.2, -0.15) is 0 Å². The Hall–Kier alpha value is -6.84. The van der Waals surface area contributed by atoms with Gasteiger partial charge < -0.3 is 13.6 Å². The lowest BCUT2D eigenvalue weighted by Gasteiger charge is -2.12. The van der Waals surface area contributed by atoms with E-state index < -0.39 is 0 Å². The van der Waals surface area contributed by atoms with Crippen LogP contribution in [0.3, 0.4) is 0 Å². The Kier molecular flexibility index (Phi) is 5.96. The molecule has 3 heterocycles. The van der Waals surface area contributed by atoms with Crippen LogP contribution in [0, 0.1) is 0 Å². The van der Waals surface area contributed by atoms with Crippen LogP contribution in [0.4, 0.5) is 0 Å². The molecule has 0 amide bonds. The van der Waals surface area contributed by atoms with E-state index >= 15 is 0 Å². The first-order chi connectivity index (χ1) is 25.3. The van der Waals surface area contributed by atoms with Crippen molar-refractivity contribution in [2.24, 2.45) is 0 Å². The van der Waals surface area contributed by atoms with Gasteiger partial charge in [-0.15, -0.1) is 0 Å². The maximum Gasteiger partial charge on any atom is 0.135 e. The number of rotatable bonds is 4. The summed E-state index contributed by atoms with van der Waals surface area (Å²) in [6.45, 7) is 0. The predicted molar refractivity (Wildman–Crippen MR) is 213 cm³/mol. The van der Waals surface area contributed by atoms with Crippen molar-refractivity contribution in [3.8, 4) is 33.6 Å². The van der Waals surface area contributed by atoms with Crippen molar-refractivity contribution >= 4 is 65.6 Å². The van der Waals surface area contributed by atoms with Crippen LogP contribution in [0.15, 0.2) is 186 Å². The summed E-state index contributed by atoms with van der Waals surface area (Å²) in [6.07, 6.45) is 0. The molecule has 3 aromatic heterocycles. The molecule has 11 aromatic rings. The lowest BCUT2D eigenvalue weighted by Crippen LogP contribution is -1.94. The number of aromatic nitrogens is 2. The van der Waals surface area contributed by atoms with E-state index in [9.17, 15) is 0 Å². The number of benzene rings is 8. The first kappa shape index (κ1) is 28.0. The van der Waals surface area contributed by atoms with Crippen molar-refractivity contribution in [1.82, 2.24) is 9.13 Å². The van der Waals surface area contributed by atoms with Crippen LogP contribution in [0.1, 0.15) is 0 Å². The molecule has 51 heavy (non-hydrogen) atoms. The standard InChI is InChI=1S/C48H30N2O/c1-2-13-34(14-3-1)49-42-20-7-4-16-37(42)38-26-24-33(30-45(38)49)36-19-11-22-44-48(36)40-18-5-8-21-43(40)50(44)35-15-10-12-31(28-35)32-25-27-47-41(29-32)39-17-6-9-23-46(39)51-47/h1-30H. The molecule has 0 unspecified atom stereocenters. The molecule has 8 aromatic carbocycles. The van der Waals surface area contributed by atoms with Gasteiger partial charge in [-0.25, -0.2) is 0 Å². The first-order valence-corrected chi connectivity index (χ1v) is 17.4. The summed E-state index contributed by atoms with van der Waals surface area (Å²) in [7, 11) is 0. The molecule has 0 aliphatic rings. The highest BCUT2D eigenvalue weighted by molar-refractivity contribution is 6.17. The lowest BCUT2D eigenvalue weighted by atomic mass is 9.98. The zero-order valence-electron chi connectivity index (χ0n) is 27.6. The van der Waals surface area contributed by atoms with E-state index in [4.69, 9.17) is 4.42 Å². The van der Waals surface area contributed by atoms with E-state index in [0.29, 0.717) is 0 Å². The van der Waals surface area contributed by atoms with Crippen molar-refractivity contribution in [3.63, 3.8) is 0 Å². The van der Waals surface area contributed by atoms with Crippen LogP contribution in [0.2, 0.25) is 0 Å². The summed E-state index contributed by atoms with van der Waals surface area (Å²) in [6, 6.07) is 65.6. The third kappa shape index (κ3) is 4.19. The van der Waals surface area contributed by atoms with Gasteiger partial charge in [-0.05, 0) is 89.0 Å². The minimum absolute atomic E-state index is 0.911. The van der Waals surface area contributed by atoms with Gasteiger partial charge in [-0.1, -0.05) is 115 Å². The quantitative estimate of drug-likeness (QED) is 0.186. The van der Waals surface area contributed by atoms with Gasteiger partial charge in [0.15, 0.2) is 0 Å². The molecule has 238 valence electrons. The highest BCUT2D eigenvalue weighted by Crippen LogP contribution is 2.41. The van der Waals surface area contributed by atoms with Crippen molar-refractivity contribution < 1.29 is 4.42 Å². The average molecular weight is 651 g/mol. The van der Waals surface area contributed by atoms with E-state index in [1.54, 1.807) is 0 Å². The van der Waals surface area contributed by atoms with Crippen molar-refractivity contribution in [2.45, 2.75) is 0 Å². The smallest absolute Gasteiger partial charge is 0.135 e. The van der Waals surface area contributed by atoms with Crippen LogP contribution in [0.5, 0.6) is 0 Å². The Morgan fingerprint density at radius 1 is 0.314 bits per heavy atom. The Balaban J connectivity index is 1.12. The summed E-state index contributed by atoms with van der Waals surface area (Å²) < 4.78 is 10.9. The van der Waals surface area contributed by atoms with Gasteiger partial charge in [0.05, 0.1) is 22.1 Å². The zero-order valence-corrected chi connectivity index (χ0v) is 27.6. The summed E-state index contributed by atoms with van der Waals surface area (Å²) >= 11 is 0. The minimum atomic E-state index is 0.911. The highest BCUT2D eigenvalue weighted by Gasteiger charge is 2.19. The maximum atomic E-state index is 6.13. The van der Waals surface area contributed by atoms with E-state index in [2.05, 4.69) is 179 Å². The van der Waals surface area contributed by atoms with Crippen LogP contribution < -0.4 is 0 Å². The zero-order chi connectivity index (χ0) is 33.5. The van der Waals surface area contributed by atoms with Crippen molar-refractivity contribution in [1.29, 1.82) is 0 Å². The maximum absolute atomic E-state index is 6.13. The summed E-state index contributed by atoms with van der Waals surface area (Å²) in [5.41, 5.74) is 13.7. The third-order valence-electron chi connectivity index (χ3n) is 10.5. The third-order valence-corrected chi connectivity index (χ3v) is 10.5. The molecule has 0 saturated heterocycles. The van der Waals surface area contributed by atoms with Crippen molar-refractivity contribution in [2.75, 3.05) is 0 Å². The number of hydrogen-bond donors (Lipinski definition) is 0. The van der Waals surface area contributed by atoms with Crippen molar-refractivity contribution in [3.05, 3.63) is 182 Å². The van der Waals surface area contributed by atoms with E-state index in [-0.39, 0.29) is 0 Å². The minimum Gasteiger partial charge on any atom is -0.456 e. The fourth-order valence-electron chi connectivity index (χ4n) is 8.26. The Labute approximate surface area is 293 Å². The average Bonchev–Trinajstić information content (AvgIpc) is 3.85. The van der Waals surface area contributed by atoms with Gasteiger partial charge in [0.2, 0.25) is 0 Å². The molecule has 0 aliphatic heterocycles. The monoisotopic (exact) mass is 650 g/mol. The molecular formula is C48H30N2O. The predicted octanol–water partition coefficient (Wildman–Crippen LogP) is 13.1. The molecule has 0 fully saturated rings. The number of fused-ring (bicyclic) bond motifs is 9. The van der Waals surface area contributed by atoms with Crippen LogP contribution in [-0.4, -0.2) is 9.13 Å². The molecule has 3 nitrogen and oxygen atoms in total. The molecule has 0 spiro atoms. The molecule has 0 saturated carbocycles. The fraction of sp³-hybridized carbons (Fsp3) is 0. The van der Waals surface area contributed by atoms with E-state index in [1.165, 1.54) is 65.9 Å². The summed E-state index contributed by atoms with van der Waals surface area (Å²) in [4.78, 5) is 0. The van der Waals surface area contributed by atoms with Crippen LogP contribution >= 0.6 is 0 Å². The Morgan fingerprint density at radius 2 is 0.922 bits per heavy atom. The van der Waals surface area contributed by atoms with E-state index in [0.717, 1.165) is 33.3 Å². The van der Waals surface area contributed by atoms with Gasteiger partial charge in [0.1, 0.15) is 11.2 Å². The first-order valence-electron chi connectivity index (χ1n) is 17.4. The normalized spacial score (nSPS) is 11.9. The molecule has 0 bridgehead atoms. The second-order valence-electron chi connectivity index (χ2n) is 13.3. The van der Waals surface area contributed by atoms with Gasteiger partial charge in [0.25, 0.3) is 0 Å². The largest absolute Gasteiger partial charge is 0.456 e. The molecule has 0 aliphatic carbocycles. The second kappa shape index (κ2) is 10.8. The number of nitrogens with zero attached hydrogens (tertiary/aromatic N) is 2. The van der Waals surface area contributed by atoms with E-state index in [1.807, 2.05) is 12.1 Å². The Morgan fingerprint density at radius 3 is 1.80 bits per heavy atom. The topological polar surface area (TPSA) is 23.0 Å². The number of para-hydroxylation sites is 4. The number of hydrogen-bond acceptors (Lipinski definition) is 1. The van der Waals surface area contributed by atoms with Gasteiger partial charge >= 0.3 is 0 Å². The molecule has 3 heteroatoms. The van der Waals surface area contributed by atoms with Crippen LogP contribution in [0.25, 0.3) is 99.2 Å². The molecular weight excluding hydrogens is 621 g/mol. The SMILES string of the molecule is c1ccc(-n2c3ccccc3c3ccc(-c4cccc5c4c4ccccc4n5-c4cccc(-c5ccc6oc7ccccc7c6c5)c4)cc32)cc1. The highest BCUT2D eigenvalue weighted by atomic mass is 16.3. The molecule has 0 radical (unpaired) electrons.